The Bertz CT molecular complexity index is 759. The number of rotatable bonds is 5. The summed E-state index contributed by atoms with van der Waals surface area (Å²) in [7, 11) is 1.63. The molecule has 0 aliphatic heterocycles. The minimum atomic E-state index is 0.561. The molecule has 4 nitrogen and oxygen atoms in total. The van der Waals surface area contributed by atoms with Crippen LogP contribution in [0.3, 0.4) is 0 Å². The van der Waals surface area contributed by atoms with E-state index in [-0.39, 0.29) is 0 Å². The number of thioether (sulfide) groups is 1. The van der Waals surface area contributed by atoms with Gasteiger partial charge in [0, 0.05) is 15.5 Å². The zero-order valence-corrected chi connectivity index (χ0v) is 13.4. The van der Waals surface area contributed by atoms with Crippen LogP contribution >= 0.6 is 23.4 Å². The Labute approximate surface area is 137 Å². The molecule has 0 spiro atoms. The smallest absolute Gasteiger partial charge is 0.237 e. The van der Waals surface area contributed by atoms with Crippen LogP contribution in [0.5, 0.6) is 5.75 Å². The van der Waals surface area contributed by atoms with Crippen LogP contribution in [-0.2, 0) is 5.75 Å². The summed E-state index contributed by atoms with van der Waals surface area (Å²) in [5.41, 5.74) is 0.867. The molecule has 0 amide bonds. The first-order chi connectivity index (χ1) is 10.7. The number of hydrogen-bond donors (Lipinski definition) is 0. The second kappa shape index (κ2) is 6.85. The standard InChI is InChI=1S/C16H13ClN2O2S/c1-20-13-4-2-3-11(9-13)16-18-15(21-19-16)10-22-14-7-5-12(17)6-8-14/h2-9H,10H2,1H3. The summed E-state index contributed by atoms with van der Waals surface area (Å²) in [6, 6.07) is 15.2. The van der Waals surface area contributed by atoms with Gasteiger partial charge in [-0.05, 0) is 36.4 Å². The monoisotopic (exact) mass is 332 g/mol. The molecule has 0 N–H and O–H groups in total. The third-order valence-corrected chi connectivity index (χ3v) is 4.22. The molecule has 0 unspecified atom stereocenters. The van der Waals surface area contributed by atoms with E-state index >= 15 is 0 Å². The molecule has 3 aromatic rings. The number of methoxy groups -OCH3 is 1. The molecule has 0 atom stereocenters. The maximum atomic E-state index is 5.86. The zero-order chi connectivity index (χ0) is 15.4. The van der Waals surface area contributed by atoms with E-state index in [0.717, 1.165) is 21.2 Å². The van der Waals surface area contributed by atoms with Crippen molar-refractivity contribution in [3.05, 3.63) is 59.4 Å². The average Bonchev–Trinajstić information content (AvgIpc) is 3.03. The molecule has 0 bridgehead atoms. The summed E-state index contributed by atoms with van der Waals surface area (Å²) < 4.78 is 10.5. The highest BCUT2D eigenvalue weighted by Crippen LogP contribution is 2.26. The summed E-state index contributed by atoms with van der Waals surface area (Å²) >= 11 is 7.48. The van der Waals surface area contributed by atoms with Crippen molar-refractivity contribution < 1.29 is 9.26 Å². The van der Waals surface area contributed by atoms with Crippen molar-refractivity contribution in [2.45, 2.75) is 10.6 Å². The predicted molar refractivity (Wildman–Crippen MR) is 87.3 cm³/mol. The molecular weight excluding hydrogens is 320 g/mol. The van der Waals surface area contributed by atoms with E-state index in [1.165, 1.54) is 0 Å². The fourth-order valence-corrected chi connectivity index (χ4v) is 2.73. The Kier molecular flexibility index (Phi) is 4.65. The van der Waals surface area contributed by atoms with Gasteiger partial charge in [-0.1, -0.05) is 28.9 Å². The van der Waals surface area contributed by atoms with Gasteiger partial charge in [-0.15, -0.1) is 11.8 Å². The maximum absolute atomic E-state index is 5.86. The highest BCUT2D eigenvalue weighted by atomic mass is 35.5. The van der Waals surface area contributed by atoms with Gasteiger partial charge in [0.1, 0.15) is 5.75 Å². The molecule has 3 rings (SSSR count). The van der Waals surface area contributed by atoms with Gasteiger partial charge in [-0.2, -0.15) is 4.98 Å². The summed E-state index contributed by atoms with van der Waals surface area (Å²) in [6.45, 7) is 0. The van der Waals surface area contributed by atoms with E-state index < -0.39 is 0 Å². The Hall–Kier alpha value is -1.98. The molecule has 0 radical (unpaired) electrons. The highest BCUT2D eigenvalue weighted by molar-refractivity contribution is 7.98. The largest absolute Gasteiger partial charge is 0.497 e. The minimum Gasteiger partial charge on any atom is -0.497 e. The van der Waals surface area contributed by atoms with Gasteiger partial charge in [0.05, 0.1) is 12.9 Å². The molecule has 0 aliphatic carbocycles. The van der Waals surface area contributed by atoms with Crippen molar-refractivity contribution in [1.29, 1.82) is 0 Å². The van der Waals surface area contributed by atoms with Crippen molar-refractivity contribution >= 4 is 23.4 Å². The summed E-state index contributed by atoms with van der Waals surface area (Å²) in [5.74, 6) is 2.52. The number of nitrogens with zero attached hydrogens (tertiary/aromatic N) is 2. The van der Waals surface area contributed by atoms with Gasteiger partial charge >= 0.3 is 0 Å². The fraction of sp³-hybridized carbons (Fsp3) is 0.125. The van der Waals surface area contributed by atoms with Gasteiger partial charge in [-0.3, -0.25) is 0 Å². The average molecular weight is 333 g/mol. The molecule has 22 heavy (non-hydrogen) atoms. The third kappa shape index (κ3) is 3.61. The number of hydrogen-bond acceptors (Lipinski definition) is 5. The van der Waals surface area contributed by atoms with Crippen LogP contribution in [-0.4, -0.2) is 17.3 Å². The molecule has 2 aromatic carbocycles. The van der Waals surface area contributed by atoms with Crippen LogP contribution in [0, 0.1) is 0 Å². The number of ether oxygens (including phenoxy) is 1. The zero-order valence-electron chi connectivity index (χ0n) is 11.8. The number of benzene rings is 2. The Morgan fingerprint density at radius 3 is 2.77 bits per heavy atom. The van der Waals surface area contributed by atoms with Crippen LogP contribution in [0.25, 0.3) is 11.4 Å². The quantitative estimate of drug-likeness (QED) is 0.634. The van der Waals surface area contributed by atoms with Crippen LogP contribution in [0.2, 0.25) is 5.02 Å². The lowest BCUT2D eigenvalue weighted by Crippen LogP contribution is -1.86. The molecule has 1 heterocycles. The first kappa shape index (κ1) is 14.9. The molecule has 1 aromatic heterocycles. The molecule has 112 valence electrons. The highest BCUT2D eigenvalue weighted by Gasteiger charge is 2.09. The molecule has 0 saturated heterocycles. The van der Waals surface area contributed by atoms with Crippen molar-refractivity contribution in [3.8, 4) is 17.1 Å². The van der Waals surface area contributed by atoms with Crippen LogP contribution < -0.4 is 4.74 Å². The molecular formula is C16H13ClN2O2S. The lowest BCUT2D eigenvalue weighted by Gasteiger charge is -2.00. The summed E-state index contributed by atoms with van der Waals surface area (Å²) in [4.78, 5) is 5.51. The van der Waals surface area contributed by atoms with Gasteiger partial charge in [0.15, 0.2) is 0 Å². The second-order valence-electron chi connectivity index (χ2n) is 4.49. The SMILES string of the molecule is COc1cccc(-c2noc(CSc3ccc(Cl)cc3)n2)c1. The second-order valence-corrected chi connectivity index (χ2v) is 5.97. The van der Waals surface area contributed by atoms with Crippen molar-refractivity contribution in [1.82, 2.24) is 10.1 Å². The van der Waals surface area contributed by atoms with Gasteiger partial charge in [-0.25, -0.2) is 0 Å². The van der Waals surface area contributed by atoms with E-state index in [2.05, 4.69) is 10.1 Å². The van der Waals surface area contributed by atoms with Gasteiger partial charge < -0.3 is 9.26 Å². The first-order valence-electron chi connectivity index (χ1n) is 6.60. The van der Waals surface area contributed by atoms with Crippen LogP contribution in [0.4, 0.5) is 0 Å². The Morgan fingerprint density at radius 2 is 2.00 bits per heavy atom. The lowest BCUT2D eigenvalue weighted by molar-refractivity contribution is 0.391. The Balaban J connectivity index is 1.69. The topological polar surface area (TPSA) is 48.2 Å². The van der Waals surface area contributed by atoms with Crippen LogP contribution in [0.15, 0.2) is 57.9 Å². The van der Waals surface area contributed by atoms with Gasteiger partial charge in [0.2, 0.25) is 11.7 Å². The minimum absolute atomic E-state index is 0.561. The third-order valence-electron chi connectivity index (χ3n) is 2.97. The van der Waals surface area contributed by atoms with Crippen molar-refractivity contribution in [2.24, 2.45) is 0 Å². The van der Waals surface area contributed by atoms with E-state index in [1.807, 2.05) is 48.5 Å². The summed E-state index contributed by atoms with van der Waals surface area (Å²) in [6.07, 6.45) is 0. The van der Waals surface area contributed by atoms with Gasteiger partial charge in [0.25, 0.3) is 0 Å². The predicted octanol–water partition coefficient (Wildman–Crippen LogP) is 4.69. The molecule has 0 aliphatic rings. The van der Waals surface area contributed by atoms with E-state index in [0.29, 0.717) is 17.5 Å². The van der Waals surface area contributed by atoms with Crippen molar-refractivity contribution in [2.75, 3.05) is 7.11 Å². The number of aromatic nitrogens is 2. The van der Waals surface area contributed by atoms with E-state index in [4.69, 9.17) is 20.9 Å². The van der Waals surface area contributed by atoms with Crippen molar-refractivity contribution in [3.63, 3.8) is 0 Å². The molecule has 0 saturated carbocycles. The Morgan fingerprint density at radius 1 is 1.18 bits per heavy atom. The fourth-order valence-electron chi connectivity index (χ4n) is 1.87. The summed E-state index contributed by atoms with van der Waals surface area (Å²) in [5, 5.41) is 4.74. The van der Waals surface area contributed by atoms with E-state index in [9.17, 15) is 0 Å². The lowest BCUT2D eigenvalue weighted by atomic mass is 10.2. The first-order valence-corrected chi connectivity index (χ1v) is 7.96. The van der Waals surface area contributed by atoms with Crippen LogP contribution in [0.1, 0.15) is 5.89 Å². The normalized spacial score (nSPS) is 10.6. The molecule has 6 heteroatoms. The molecule has 0 fully saturated rings. The maximum Gasteiger partial charge on any atom is 0.237 e. The van der Waals surface area contributed by atoms with E-state index in [1.54, 1.807) is 18.9 Å². The number of halogens is 1.